The average Bonchev–Trinajstić information content (AvgIpc) is 2.57. The molecule has 1 amide bonds. The summed E-state index contributed by atoms with van der Waals surface area (Å²) in [5.41, 5.74) is -1.88. The average molecular weight is 403 g/mol. The molecule has 0 aliphatic heterocycles. The van der Waals surface area contributed by atoms with Gasteiger partial charge in [0.15, 0.2) is 0 Å². The zero-order valence-electron chi connectivity index (χ0n) is 15.8. The minimum Gasteiger partial charge on any atom is -0.464 e. The molecule has 1 aromatic rings. The predicted octanol–water partition coefficient (Wildman–Crippen LogP) is 1.91. The molecule has 0 heterocycles. The Morgan fingerprint density at radius 3 is 2.19 bits per heavy atom. The molecule has 0 saturated carbocycles. The van der Waals surface area contributed by atoms with Gasteiger partial charge in [-0.25, -0.2) is 14.0 Å². The second kappa shape index (κ2) is 10.2. The molecule has 0 saturated heterocycles. The van der Waals surface area contributed by atoms with Crippen LogP contribution in [0.3, 0.4) is 0 Å². The molecule has 9 heteroatoms. The van der Waals surface area contributed by atoms with E-state index in [1.54, 1.807) is 20.9 Å². The van der Waals surface area contributed by atoms with Crippen LogP contribution in [0.2, 0.25) is 5.02 Å². The molecule has 0 unspecified atom stereocenters. The summed E-state index contributed by atoms with van der Waals surface area (Å²) < 4.78 is 24.0. The van der Waals surface area contributed by atoms with Crippen LogP contribution in [-0.2, 0) is 30.4 Å². The van der Waals surface area contributed by atoms with Crippen molar-refractivity contribution in [2.75, 3.05) is 26.8 Å². The van der Waals surface area contributed by atoms with E-state index in [1.165, 1.54) is 30.0 Å². The fourth-order valence-corrected chi connectivity index (χ4v) is 2.80. The van der Waals surface area contributed by atoms with Crippen LogP contribution in [0.1, 0.15) is 26.3 Å². The lowest BCUT2D eigenvalue weighted by molar-refractivity contribution is -0.169. The lowest BCUT2D eigenvalue weighted by Gasteiger charge is -2.33. The molecule has 7 nitrogen and oxygen atoms in total. The normalized spacial score (nSPS) is 11.2. The number of likely N-dealkylation sites (N-methyl/N-ethyl adjacent to an activating group) is 1. The van der Waals surface area contributed by atoms with Gasteiger partial charge in [0.05, 0.1) is 13.2 Å². The molecular weight excluding hydrogens is 379 g/mol. The monoisotopic (exact) mass is 402 g/mol. The summed E-state index contributed by atoms with van der Waals surface area (Å²) in [6.45, 7) is 4.02. The van der Waals surface area contributed by atoms with Gasteiger partial charge in [-0.05, 0) is 33.0 Å². The minimum absolute atomic E-state index is 0.00241. The van der Waals surface area contributed by atoms with E-state index in [1.807, 2.05) is 0 Å². The van der Waals surface area contributed by atoms with Gasteiger partial charge in [0.25, 0.3) is 0 Å². The summed E-state index contributed by atoms with van der Waals surface area (Å²) in [4.78, 5) is 38.3. The Balaban J connectivity index is 3.22. The van der Waals surface area contributed by atoms with Gasteiger partial charge in [0, 0.05) is 30.6 Å². The Labute approximate surface area is 162 Å². The first kappa shape index (κ1) is 22.9. The first-order valence-corrected chi connectivity index (χ1v) is 8.80. The number of amides is 1. The first-order chi connectivity index (χ1) is 12.7. The quantitative estimate of drug-likeness (QED) is 0.501. The second-order valence-corrected chi connectivity index (χ2v) is 6.31. The van der Waals surface area contributed by atoms with Gasteiger partial charge in [-0.15, -0.1) is 0 Å². The number of nitrogens with one attached hydrogen (secondary N) is 1. The molecule has 0 aromatic heterocycles. The standard InChI is InChI=1S/C18H24ClFN2O5/c1-5-26-16(24)18(21-12(3)23,17(25)27-6-2)11-22(4)10-13-14(19)8-7-9-15(13)20/h7-9H,5-6,10-11H2,1-4H3,(H,21,23). The summed E-state index contributed by atoms with van der Waals surface area (Å²) in [7, 11) is 1.55. The molecule has 0 spiro atoms. The lowest BCUT2D eigenvalue weighted by Crippen LogP contribution is -2.66. The third kappa shape index (κ3) is 5.90. The molecule has 0 radical (unpaired) electrons. The van der Waals surface area contributed by atoms with Gasteiger partial charge in [0.1, 0.15) is 5.82 Å². The van der Waals surface area contributed by atoms with Gasteiger partial charge in [0.2, 0.25) is 11.4 Å². The van der Waals surface area contributed by atoms with Crippen molar-refractivity contribution in [3.05, 3.63) is 34.6 Å². The maximum absolute atomic E-state index is 14.0. The Hall–Kier alpha value is -2.19. The highest BCUT2D eigenvalue weighted by atomic mass is 35.5. The number of esters is 2. The number of carbonyl (C=O) groups is 3. The van der Waals surface area contributed by atoms with Crippen molar-refractivity contribution < 1.29 is 28.2 Å². The maximum atomic E-state index is 14.0. The van der Waals surface area contributed by atoms with Crippen LogP contribution in [0.5, 0.6) is 0 Å². The summed E-state index contributed by atoms with van der Waals surface area (Å²) in [5, 5.41) is 2.56. The van der Waals surface area contributed by atoms with Crippen LogP contribution >= 0.6 is 11.6 Å². The van der Waals surface area contributed by atoms with Crippen molar-refractivity contribution in [3.8, 4) is 0 Å². The molecule has 1 aromatic carbocycles. The molecule has 150 valence electrons. The number of carbonyl (C=O) groups excluding carboxylic acids is 3. The van der Waals surface area contributed by atoms with Crippen LogP contribution in [0, 0.1) is 5.82 Å². The molecule has 0 fully saturated rings. The predicted molar refractivity (Wildman–Crippen MR) is 97.6 cm³/mol. The van der Waals surface area contributed by atoms with Crippen LogP contribution in [0.25, 0.3) is 0 Å². The van der Waals surface area contributed by atoms with Crippen molar-refractivity contribution in [2.24, 2.45) is 0 Å². The van der Waals surface area contributed by atoms with Crippen molar-refractivity contribution >= 4 is 29.4 Å². The number of nitrogens with zero attached hydrogens (tertiary/aromatic N) is 1. The fourth-order valence-electron chi connectivity index (χ4n) is 2.58. The molecular formula is C18H24ClFN2O5. The molecule has 0 aliphatic rings. The highest BCUT2D eigenvalue weighted by Crippen LogP contribution is 2.22. The minimum atomic E-state index is -2.08. The number of benzene rings is 1. The zero-order chi connectivity index (χ0) is 20.6. The Kier molecular flexibility index (Phi) is 8.65. The van der Waals surface area contributed by atoms with E-state index < -0.39 is 29.2 Å². The molecule has 27 heavy (non-hydrogen) atoms. The summed E-state index contributed by atoms with van der Waals surface area (Å²) in [6.07, 6.45) is 0. The van der Waals surface area contributed by atoms with E-state index in [0.717, 1.165) is 0 Å². The molecule has 1 rings (SSSR count). The Bertz CT molecular complexity index is 660. The highest BCUT2D eigenvalue weighted by molar-refractivity contribution is 6.31. The van der Waals surface area contributed by atoms with Gasteiger partial charge < -0.3 is 14.8 Å². The van der Waals surface area contributed by atoms with E-state index in [2.05, 4.69) is 5.32 Å². The number of hydrogen-bond donors (Lipinski definition) is 1. The smallest absolute Gasteiger partial charge is 0.345 e. The summed E-state index contributed by atoms with van der Waals surface area (Å²) in [6, 6.07) is 4.26. The van der Waals surface area contributed by atoms with E-state index in [9.17, 15) is 18.8 Å². The first-order valence-electron chi connectivity index (χ1n) is 8.42. The van der Waals surface area contributed by atoms with E-state index in [0.29, 0.717) is 0 Å². The van der Waals surface area contributed by atoms with Crippen LogP contribution in [0.15, 0.2) is 18.2 Å². The van der Waals surface area contributed by atoms with Crippen molar-refractivity contribution in [1.29, 1.82) is 0 Å². The summed E-state index contributed by atoms with van der Waals surface area (Å²) >= 11 is 6.03. The second-order valence-electron chi connectivity index (χ2n) is 5.90. The van der Waals surface area contributed by atoms with Gasteiger partial charge >= 0.3 is 11.9 Å². The largest absolute Gasteiger partial charge is 0.464 e. The third-order valence-corrected chi connectivity index (χ3v) is 3.99. The zero-order valence-corrected chi connectivity index (χ0v) is 16.6. The number of hydrogen-bond acceptors (Lipinski definition) is 6. The fraction of sp³-hybridized carbons (Fsp3) is 0.500. The molecule has 0 aliphatic carbocycles. The van der Waals surface area contributed by atoms with Gasteiger partial charge in [-0.1, -0.05) is 17.7 Å². The molecule has 0 atom stereocenters. The van der Waals surface area contributed by atoms with Crippen molar-refractivity contribution in [1.82, 2.24) is 10.2 Å². The topological polar surface area (TPSA) is 84.9 Å². The van der Waals surface area contributed by atoms with Crippen molar-refractivity contribution in [2.45, 2.75) is 32.9 Å². The van der Waals surface area contributed by atoms with Crippen LogP contribution in [0.4, 0.5) is 4.39 Å². The molecule has 1 N–H and O–H groups in total. The number of rotatable bonds is 9. The van der Waals surface area contributed by atoms with E-state index in [4.69, 9.17) is 21.1 Å². The van der Waals surface area contributed by atoms with Gasteiger partial charge in [-0.2, -0.15) is 0 Å². The number of ether oxygens (including phenoxy) is 2. The van der Waals surface area contributed by atoms with E-state index in [-0.39, 0.29) is 36.9 Å². The maximum Gasteiger partial charge on any atom is 0.345 e. The Morgan fingerprint density at radius 2 is 1.74 bits per heavy atom. The van der Waals surface area contributed by atoms with Crippen LogP contribution < -0.4 is 5.32 Å². The number of halogens is 2. The van der Waals surface area contributed by atoms with Crippen LogP contribution in [-0.4, -0.2) is 55.1 Å². The molecule has 0 bridgehead atoms. The Morgan fingerprint density at radius 1 is 1.19 bits per heavy atom. The van der Waals surface area contributed by atoms with Crippen molar-refractivity contribution in [3.63, 3.8) is 0 Å². The SMILES string of the molecule is CCOC(=O)C(CN(C)Cc1c(F)cccc1Cl)(NC(C)=O)C(=O)OCC. The van der Waals surface area contributed by atoms with Gasteiger partial charge in [-0.3, -0.25) is 9.69 Å². The lowest BCUT2D eigenvalue weighted by atomic mass is 9.98. The van der Waals surface area contributed by atoms with E-state index >= 15 is 0 Å². The highest BCUT2D eigenvalue weighted by Gasteiger charge is 2.51. The summed E-state index contributed by atoms with van der Waals surface area (Å²) in [5.74, 6) is -3.05. The third-order valence-electron chi connectivity index (χ3n) is 3.63.